The molecule has 0 unspecified atom stereocenters. The summed E-state index contributed by atoms with van der Waals surface area (Å²) in [5, 5.41) is 10.7. The lowest BCUT2D eigenvalue weighted by Gasteiger charge is -1.96. The van der Waals surface area contributed by atoms with Gasteiger partial charge in [-0.1, -0.05) is 30.3 Å². The molecule has 0 saturated heterocycles. The smallest absolute Gasteiger partial charge is 0.269 e. The monoisotopic (exact) mass is 279 g/mol. The number of hydrogen-bond acceptors (Lipinski definition) is 3. The zero-order valence-electron chi connectivity index (χ0n) is 11.4. The van der Waals surface area contributed by atoms with Gasteiger partial charge < -0.3 is 4.42 Å². The van der Waals surface area contributed by atoms with E-state index < -0.39 is 4.92 Å². The Kier molecular flexibility index (Phi) is 3.28. The average molecular weight is 279 g/mol. The quantitative estimate of drug-likeness (QED) is 0.509. The first kappa shape index (κ1) is 13.1. The highest BCUT2D eigenvalue weighted by molar-refractivity contribution is 5.72. The molecular formula is C17H13NO3. The zero-order chi connectivity index (χ0) is 14.8. The lowest BCUT2D eigenvalue weighted by atomic mass is 10.1. The number of nitrogens with zero attached hydrogens (tertiary/aromatic N) is 1. The van der Waals surface area contributed by atoms with Gasteiger partial charge in [-0.25, -0.2) is 0 Å². The van der Waals surface area contributed by atoms with E-state index in [1.54, 1.807) is 12.1 Å². The first-order valence-electron chi connectivity index (χ1n) is 6.56. The topological polar surface area (TPSA) is 56.3 Å². The molecule has 0 aliphatic heterocycles. The van der Waals surface area contributed by atoms with Crippen molar-refractivity contribution in [3.8, 4) is 22.5 Å². The molecule has 1 heterocycles. The molecule has 2 aromatic carbocycles. The predicted molar refractivity (Wildman–Crippen MR) is 81.0 cm³/mol. The highest BCUT2D eigenvalue weighted by atomic mass is 16.6. The molecule has 21 heavy (non-hydrogen) atoms. The van der Waals surface area contributed by atoms with Crippen LogP contribution in [0.2, 0.25) is 0 Å². The van der Waals surface area contributed by atoms with Crippen LogP contribution in [-0.2, 0) is 0 Å². The first-order valence-corrected chi connectivity index (χ1v) is 6.56. The minimum atomic E-state index is -0.410. The van der Waals surface area contributed by atoms with Crippen molar-refractivity contribution in [2.24, 2.45) is 0 Å². The molecule has 3 rings (SSSR count). The van der Waals surface area contributed by atoms with Gasteiger partial charge in [-0.15, -0.1) is 0 Å². The van der Waals surface area contributed by atoms with E-state index in [-0.39, 0.29) is 5.69 Å². The molecule has 4 heteroatoms. The van der Waals surface area contributed by atoms with E-state index in [0.29, 0.717) is 5.76 Å². The maximum Gasteiger partial charge on any atom is 0.269 e. The van der Waals surface area contributed by atoms with Crippen molar-refractivity contribution in [2.45, 2.75) is 6.92 Å². The van der Waals surface area contributed by atoms with Gasteiger partial charge in [0.1, 0.15) is 11.5 Å². The summed E-state index contributed by atoms with van der Waals surface area (Å²) in [7, 11) is 0. The highest BCUT2D eigenvalue weighted by Crippen LogP contribution is 2.32. The normalized spacial score (nSPS) is 10.5. The van der Waals surface area contributed by atoms with E-state index >= 15 is 0 Å². The number of rotatable bonds is 3. The van der Waals surface area contributed by atoms with Crippen molar-refractivity contribution in [1.82, 2.24) is 0 Å². The van der Waals surface area contributed by atoms with Crippen molar-refractivity contribution in [3.05, 3.63) is 76.5 Å². The Balaban J connectivity index is 1.99. The Morgan fingerprint density at radius 2 is 1.62 bits per heavy atom. The molecule has 0 aliphatic rings. The third-order valence-corrected chi connectivity index (χ3v) is 3.37. The fourth-order valence-corrected chi connectivity index (χ4v) is 2.28. The van der Waals surface area contributed by atoms with Gasteiger partial charge in [-0.05, 0) is 30.7 Å². The van der Waals surface area contributed by atoms with Crippen LogP contribution in [0.4, 0.5) is 5.69 Å². The van der Waals surface area contributed by atoms with Crippen LogP contribution in [-0.4, -0.2) is 4.92 Å². The van der Waals surface area contributed by atoms with Gasteiger partial charge in [0, 0.05) is 23.3 Å². The van der Waals surface area contributed by atoms with Crippen LogP contribution in [0.1, 0.15) is 5.76 Å². The summed E-state index contributed by atoms with van der Waals surface area (Å²) in [5.41, 5.74) is 3.02. The second-order valence-corrected chi connectivity index (χ2v) is 4.75. The number of nitro benzene ring substituents is 1. The van der Waals surface area contributed by atoms with Crippen molar-refractivity contribution in [2.75, 3.05) is 0 Å². The summed E-state index contributed by atoms with van der Waals surface area (Å²) in [6.07, 6.45) is 0. The van der Waals surface area contributed by atoms with Gasteiger partial charge in [-0.2, -0.15) is 0 Å². The maximum atomic E-state index is 10.7. The second-order valence-electron chi connectivity index (χ2n) is 4.75. The van der Waals surface area contributed by atoms with Gasteiger partial charge in [-0.3, -0.25) is 10.1 Å². The molecular weight excluding hydrogens is 266 g/mol. The standard InChI is InChI=1S/C17H13NO3/c1-12-16(13-5-3-2-4-6-13)11-17(21-12)14-7-9-15(10-8-14)18(19)20/h2-11H,1H3. The van der Waals surface area contributed by atoms with E-state index in [1.807, 2.05) is 43.3 Å². The fourth-order valence-electron chi connectivity index (χ4n) is 2.28. The van der Waals surface area contributed by atoms with Crippen molar-refractivity contribution >= 4 is 5.69 Å². The molecule has 0 atom stereocenters. The summed E-state index contributed by atoms with van der Waals surface area (Å²) >= 11 is 0. The number of hydrogen-bond donors (Lipinski definition) is 0. The van der Waals surface area contributed by atoms with Crippen molar-refractivity contribution in [3.63, 3.8) is 0 Å². The van der Waals surface area contributed by atoms with Crippen LogP contribution < -0.4 is 0 Å². The summed E-state index contributed by atoms with van der Waals surface area (Å²) in [6, 6.07) is 18.3. The van der Waals surface area contributed by atoms with E-state index in [2.05, 4.69) is 0 Å². The van der Waals surface area contributed by atoms with E-state index in [0.717, 1.165) is 22.5 Å². The summed E-state index contributed by atoms with van der Waals surface area (Å²) in [6.45, 7) is 1.91. The molecule has 1 aromatic heterocycles. The molecule has 0 saturated carbocycles. The Bertz CT molecular complexity index is 774. The Hall–Kier alpha value is -2.88. The molecule has 0 fully saturated rings. The maximum absolute atomic E-state index is 10.7. The predicted octanol–water partition coefficient (Wildman–Crippen LogP) is 4.83. The van der Waals surface area contributed by atoms with Gasteiger partial charge >= 0.3 is 0 Å². The molecule has 0 radical (unpaired) electrons. The van der Waals surface area contributed by atoms with E-state index in [9.17, 15) is 10.1 Å². The van der Waals surface area contributed by atoms with Gasteiger partial charge in [0.25, 0.3) is 5.69 Å². The SMILES string of the molecule is Cc1oc(-c2ccc([N+](=O)[O-])cc2)cc1-c1ccccc1. The number of aryl methyl sites for hydroxylation is 1. The molecule has 0 N–H and O–H groups in total. The van der Waals surface area contributed by atoms with Crippen LogP contribution >= 0.6 is 0 Å². The molecule has 0 aliphatic carbocycles. The second kappa shape index (κ2) is 5.25. The van der Waals surface area contributed by atoms with Crippen LogP contribution in [0.25, 0.3) is 22.5 Å². The minimum absolute atomic E-state index is 0.0744. The molecule has 0 bridgehead atoms. The summed E-state index contributed by atoms with van der Waals surface area (Å²) < 4.78 is 5.79. The van der Waals surface area contributed by atoms with Crippen molar-refractivity contribution < 1.29 is 9.34 Å². The molecule has 104 valence electrons. The summed E-state index contributed by atoms with van der Waals surface area (Å²) in [4.78, 5) is 10.3. The third kappa shape index (κ3) is 2.56. The molecule has 3 aromatic rings. The lowest BCUT2D eigenvalue weighted by molar-refractivity contribution is -0.384. The largest absolute Gasteiger partial charge is 0.461 e. The number of nitro groups is 1. The van der Waals surface area contributed by atoms with E-state index in [1.165, 1.54) is 12.1 Å². The number of furan rings is 1. The molecule has 4 nitrogen and oxygen atoms in total. The van der Waals surface area contributed by atoms with Gasteiger partial charge in [0.2, 0.25) is 0 Å². The zero-order valence-corrected chi connectivity index (χ0v) is 11.4. The minimum Gasteiger partial charge on any atom is -0.461 e. The number of non-ortho nitro benzene ring substituents is 1. The average Bonchev–Trinajstić information content (AvgIpc) is 2.90. The fraction of sp³-hybridized carbons (Fsp3) is 0.0588. The molecule has 0 spiro atoms. The van der Waals surface area contributed by atoms with Crippen LogP contribution in [0, 0.1) is 17.0 Å². The van der Waals surface area contributed by atoms with Gasteiger partial charge in [0.15, 0.2) is 0 Å². The van der Waals surface area contributed by atoms with Crippen LogP contribution in [0.3, 0.4) is 0 Å². The van der Waals surface area contributed by atoms with E-state index in [4.69, 9.17) is 4.42 Å². The Morgan fingerprint density at radius 1 is 0.952 bits per heavy atom. The Morgan fingerprint density at radius 3 is 2.24 bits per heavy atom. The third-order valence-electron chi connectivity index (χ3n) is 3.37. The lowest BCUT2D eigenvalue weighted by Crippen LogP contribution is -1.86. The Labute approximate surface area is 121 Å². The molecule has 0 amide bonds. The number of benzene rings is 2. The highest BCUT2D eigenvalue weighted by Gasteiger charge is 2.12. The summed E-state index contributed by atoms with van der Waals surface area (Å²) in [5.74, 6) is 1.54. The van der Waals surface area contributed by atoms with Crippen molar-refractivity contribution in [1.29, 1.82) is 0 Å². The van der Waals surface area contributed by atoms with Crippen LogP contribution in [0.15, 0.2) is 65.1 Å². The first-order chi connectivity index (χ1) is 10.1. The van der Waals surface area contributed by atoms with Crippen LogP contribution in [0.5, 0.6) is 0 Å². The van der Waals surface area contributed by atoms with Gasteiger partial charge in [0.05, 0.1) is 4.92 Å².